The highest BCUT2D eigenvalue weighted by Gasteiger charge is 2.42. The number of anilines is 1. The number of nitrogens with one attached hydrogen (secondary N) is 2. The molecule has 6 nitrogen and oxygen atoms in total. The number of para-hydroxylation sites is 2. The van der Waals surface area contributed by atoms with Gasteiger partial charge in [-0.15, -0.1) is 0 Å². The number of carbonyl (C=O) groups excluding carboxylic acids is 2. The average Bonchev–Trinajstić information content (AvgIpc) is 3.51. The van der Waals surface area contributed by atoms with Crippen molar-refractivity contribution in [1.29, 1.82) is 0 Å². The summed E-state index contributed by atoms with van der Waals surface area (Å²) in [6.07, 6.45) is 1.70. The molecule has 0 spiro atoms. The molecule has 26 heavy (non-hydrogen) atoms. The average molecular weight is 351 g/mol. The predicted molar refractivity (Wildman–Crippen MR) is 98.0 cm³/mol. The maximum Gasteiger partial charge on any atom is 0.258 e. The second-order valence-electron chi connectivity index (χ2n) is 6.54. The number of fused-ring (bicyclic) bond motifs is 1. The summed E-state index contributed by atoms with van der Waals surface area (Å²) in [7, 11) is 1.57. The lowest BCUT2D eigenvalue weighted by Crippen LogP contribution is -2.44. The van der Waals surface area contributed by atoms with Gasteiger partial charge in [0.25, 0.3) is 11.8 Å². The molecule has 0 bridgehead atoms. The largest absolute Gasteiger partial charge is 0.483 e. The van der Waals surface area contributed by atoms with Gasteiger partial charge in [-0.1, -0.05) is 30.3 Å². The highest BCUT2D eigenvalue weighted by atomic mass is 16.5. The molecule has 2 aromatic rings. The van der Waals surface area contributed by atoms with Gasteiger partial charge in [-0.2, -0.15) is 0 Å². The maximum absolute atomic E-state index is 13.1. The van der Waals surface area contributed by atoms with Crippen molar-refractivity contribution in [3.8, 4) is 5.75 Å². The summed E-state index contributed by atoms with van der Waals surface area (Å²) in [5, 5.41) is 6.03. The van der Waals surface area contributed by atoms with E-state index in [2.05, 4.69) is 10.6 Å². The molecule has 1 unspecified atom stereocenters. The highest BCUT2D eigenvalue weighted by molar-refractivity contribution is 6.02. The van der Waals surface area contributed by atoms with Gasteiger partial charge in [0.15, 0.2) is 6.61 Å². The fourth-order valence-corrected chi connectivity index (χ4v) is 3.28. The molecule has 1 fully saturated rings. The van der Waals surface area contributed by atoms with E-state index in [1.54, 1.807) is 7.05 Å². The van der Waals surface area contributed by atoms with Crippen LogP contribution in [0.15, 0.2) is 48.5 Å². The Kier molecular flexibility index (Phi) is 4.24. The van der Waals surface area contributed by atoms with Crippen molar-refractivity contribution in [2.75, 3.05) is 19.0 Å². The predicted octanol–water partition coefficient (Wildman–Crippen LogP) is 2.54. The molecule has 0 radical (unpaired) electrons. The zero-order chi connectivity index (χ0) is 18.1. The Bertz CT molecular complexity index is 848. The fraction of sp³-hybridized carbons (Fsp3) is 0.300. The van der Waals surface area contributed by atoms with Crippen LogP contribution >= 0.6 is 0 Å². The normalized spacial score (nSPS) is 18.7. The number of nitrogens with zero attached hydrogens (tertiary/aromatic N) is 1. The molecule has 1 aliphatic heterocycles. The van der Waals surface area contributed by atoms with Crippen LogP contribution in [-0.2, 0) is 4.79 Å². The summed E-state index contributed by atoms with van der Waals surface area (Å²) in [4.78, 5) is 26.5. The summed E-state index contributed by atoms with van der Waals surface area (Å²) >= 11 is 0. The Balaban J connectivity index is 1.70. The third kappa shape index (κ3) is 2.98. The number of hydrogen-bond acceptors (Lipinski definition) is 4. The lowest BCUT2D eigenvalue weighted by atomic mass is 10.0. The van der Waals surface area contributed by atoms with Gasteiger partial charge in [-0.05, 0) is 31.0 Å². The molecule has 2 aromatic carbocycles. The first-order chi connectivity index (χ1) is 12.7. The van der Waals surface area contributed by atoms with E-state index in [-0.39, 0.29) is 30.6 Å². The topological polar surface area (TPSA) is 70.7 Å². The molecule has 2 amide bonds. The number of rotatable bonds is 5. The van der Waals surface area contributed by atoms with Crippen molar-refractivity contribution in [1.82, 2.24) is 10.2 Å². The van der Waals surface area contributed by atoms with Crippen LogP contribution in [0.4, 0.5) is 5.69 Å². The number of likely N-dealkylation sites (N-methyl/N-ethyl adjacent to an activating group) is 1. The lowest BCUT2D eigenvalue weighted by molar-refractivity contribution is -0.122. The van der Waals surface area contributed by atoms with E-state index >= 15 is 0 Å². The monoisotopic (exact) mass is 351 g/mol. The molecule has 1 aliphatic carbocycles. The number of hydrogen-bond donors (Lipinski definition) is 2. The van der Waals surface area contributed by atoms with Crippen LogP contribution in [0.25, 0.3) is 0 Å². The molecule has 0 saturated heterocycles. The Labute approximate surface area is 152 Å². The summed E-state index contributed by atoms with van der Waals surface area (Å²) < 4.78 is 5.72. The number of carbonyl (C=O) groups is 2. The third-order valence-electron chi connectivity index (χ3n) is 4.75. The van der Waals surface area contributed by atoms with Gasteiger partial charge < -0.3 is 20.3 Å². The number of benzene rings is 2. The number of amides is 2. The molecule has 1 atom stereocenters. The van der Waals surface area contributed by atoms with Crippen molar-refractivity contribution in [2.24, 2.45) is 0 Å². The minimum absolute atomic E-state index is 0.0351. The summed E-state index contributed by atoms with van der Waals surface area (Å²) in [6.45, 7) is -0.0613. The Morgan fingerprint density at radius 1 is 1.19 bits per heavy atom. The van der Waals surface area contributed by atoms with Crippen LogP contribution in [0.1, 0.15) is 34.9 Å². The van der Waals surface area contributed by atoms with E-state index in [0.717, 1.165) is 24.1 Å². The van der Waals surface area contributed by atoms with E-state index in [1.165, 1.54) is 0 Å². The Morgan fingerprint density at radius 2 is 1.92 bits per heavy atom. The molecule has 0 aromatic heterocycles. The van der Waals surface area contributed by atoms with E-state index in [0.29, 0.717) is 11.3 Å². The molecular formula is C20H21N3O3. The van der Waals surface area contributed by atoms with Gasteiger partial charge in [0.05, 0.1) is 5.56 Å². The van der Waals surface area contributed by atoms with Crippen molar-refractivity contribution in [3.05, 3.63) is 59.7 Å². The summed E-state index contributed by atoms with van der Waals surface area (Å²) in [5.74, 6) is 0.441. The van der Waals surface area contributed by atoms with Gasteiger partial charge in [0.1, 0.15) is 11.9 Å². The molecule has 2 N–H and O–H groups in total. The van der Waals surface area contributed by atoms with E-state index in [1.807, 2.05) is 53.4 Å². The summed E-state index contributed by atoms with van der Waals surface area (Å²) in [5.41, 5.74) is 2.37. The van der Waals surface area contributed by atoms with Crippen LogP contribution < -0.4 is 15.4 Å². The zero-order valence-corrected chi connectivity index (χ0v) is 14.6. The van der Waals surface area contributed by atoms with Crippen molar-refractivity contribution >= 4 is 17.5 Å². The molecule has 1 heterocycles. The molecule has 4 rings (SSSR count). The zero-order valence-electron chi connectivity index (χ0n) is 14.6. The second kappa shape index (κ2) is 6.71. The Hall–Kier alpha value is -3.02. The molecule has 2 aliphatic rings. The van der Waals surface area contributed by atoms with Crippen LogP contribution in [0, 0.1) is 0 Å². The smallest absolute Gasteiger partial charge is 0.258 e. The first-order valence-electron chi connectivity index (χ1n) is 8.79. The molecule has 134 valence electrons. The third-order valence-corrected chi connectivity index (χ3v) is 4.75. The summed E-state index contributed by atoms with van der Waals surface area (Å²) in [6, 6.07) is 15.3. The van der Waals surface area contributed by atoms with Crippen molar-refractivity contribution < 1.29 is 14.3 Å². The molecular weight excluding hydrogens is 330 g/mol. The van der Waals surface area contributed by atoms with Crippen LogP contribution in [0.5, 0.6) is 5.75 Å². The molecule has 1 saturated carbocycles. The second-order valence-corrected chi connectivity index (χ2v) is 6.54. The quantitative estimate of drug-likeness (QED) is 0.868. The van der Waals surface area contributed by atoms with Crippen molar-refractivity contribution in [2.45, 2.75) is 25.0 Å². The van der Waals surface area contributed by atoms with E-state index < -0.39 is 0 Å². The first kappa shape index (κ1) is 16.4. The highest BCUT2D eigenvalue weighted by Crippen LogP contribution is 2.42. The minimum Gasteiger partial charge on any atom is -0.483 e. The Morgan fingerprint density at radius 3 is 2.69 bits per heavy atom. The fourth-order valence-electron chi connectivity index (χ4n) is 3.28. The van der Waals surface area contributed by atoms with Crippen LogP contribution in [0.3, 0.4) is 0 Å². The van der Waals surface area contributed by atoms with Crippen molar-refractivity contribution in [3.63, 3.8) is 0 Å². The van der Waals surface area contributed by atoms with Gasteiger partial charge in [0.2, 0.25) is 0 Å². The van der Waals surface area contributed by atoms with Gasteiger partial charge in [-0.3, -0.25) is 9.59 Å². The molecule has 6 heteroatoms. The van der Waals surface area contributed by atoms with Gasteiger partial charge in [0, 0.05) is 24.3 Å². The van der Waals surface area contributed by atoms with Gasteiger partial charge >= 0.3 is 0 Å². The lowest BCUT2D eigenvalue weighted by Gasteiger charge is -2.38. The standard InChI is InChI=1S/C20H21N3O3/c1-21-18(24)12-26-17-9-5-3-7-15(17)19-22-16-8-4-2-6-14(16)20(25)23(19)13-10-11-13/h2-9,13,19,22H,10-12H2,1H3,(H,21,24). The van der Waals surface area contributed by atoms with E-state index in [9.17, 15) is 9.59 Å². The van der Waals surface area contributed by atoms with Crippen LogP contribution in [0.2, 0.25) is 0 Å². The van der Waals surface area contributed by atoms with Gasteiger partial charge in [-0.25, -0.2) is 0 Å². The minimum atomic E-state index is -0.314. The number of ether oxygens (including phenoxy) is 1. The van der Waals surface area contributed by atoms with Crippen LogP contribution in [-0.4, -0.2) is 36.4 Å². The SMILES string of the molecule is CNC(=O)COc1ccccc1C1Nc2ccccc2C(=O)N1C1CC1. The first-order valence-corrected chi connectivity index (χ1v) is 8.79. The maximum atomic E-state index is 13.1. The van der Waals surface area contributed by atoms with E-state index in [4.69, 9.17) is 4.74 Å².